The molecule has 0 spiro atoms. The molecular weight excluding hydrogens is 224 g/mol. The van der Waals surface area contributed by atoms with Crippen LogP contribution in [-0.4, -0.2) is 18.5 Å². The molecular formula is C15H26N2O. The molecule has 3 N–H and O–H groups in total. The van der Waals surface area contributed by atoms with E-state index in [4.69, 9.17) is 5.73 Å². The molecule has 2 bridgehead atoms. The first kappa shape index (κ1) is 12.5. The van der Waals surface area contributed by atoms with E-state index in [1.807, 2.05) is 0 Å². The average molecular weight is 250 g/mol. The van der Waals surface area contributed by atoms with Crippen molar-refractivity contribution in [3.8, 4) is 0 Å². The molecule has 1 amide bonds. The molecule has 0 saturated heterocycles. The Morgan fingerprint density at radius 1 is 1.11 bits per heavy atom. The number of carbonyl (C=O) groups is 1. The van der Waals surface area contributed by atoms with Gasteiger partial charge < -0.3 is 11.1 Å². The second kappa shape index (κ2) is 5.20. The minimum atomic E-state index is 0.187. The lowest BCUT2D eigenvalue weighted by molar-refractivity contribution is -0.126. The van der Waals surface area contributed by atoms with Crippen molar-refractivity contribution in [1.82, 2.24) is 5.32 Å². The number of nitrogens with one attached hydrogen (secondary N) is 1. The van der Waals surface area contributed by atoms with Crippen LogP contribution in [-0.2, 0) is 4.79 Å². The Labute approximate surface area is 110 Å². The molecule has 0 aliphatic heterocycles. The molecule has 0 aromatic carbocycles. The predicted octanol–water partition coefficient (Wildman–Crippen LogP) is 2.06. The van der Waals surface area contributed by atoms with Crippen LogP contribution in [0.15, 0.2) is 0 Å². The fourth-order valence-electron chi connectivity index (χ4n) is 4.47. The number of amides is 1. The van der Waals surface area contributed by atoms with E-state index >= 15 is 0 Å². The van der Waals surface area contributed by atoms with Crippen molar-refractivity contribution in [2.45, 2.75) is 57.4 Å². The van der Waals surface area contributed by atoms with Crippen LogP contribution < -0.4 is 11.1 Å². The zero-order chi connectivity index (χ0) is 12.5. The number of fused-ring (bicyclic) bond motifs is 2. The Kier molecular flexibility index (Phi) is 3.60. The van der Waals surface area contributed by atoms with E-state index in [1.165, 1.54) is 25.7 Å². The number of carbonyl (C=O) groups excluding carboxylic acids is 1. The summed E-state index contributed by atoms with van der Waals surface area (Å²) in [5.74, 6) is 3.11. The highest BCUT2D eigenvalue weighted by atomic mass is 16.1. The quantitative estimate of drug-likeness (QED) is 0.805. The fourth-order valence-corrected chi connectivity index (χ4v) is 4.47. The summed E-state index contributed by atoms with van der Waals surface area (Å²) in [6, 6.07) is 0.247. The van der Waals surface area contributed by atoms with Crippen LogP contribution in [0.4, 0.5) is 0 Å². The van der Waals surface area contributed by atoms with Crippen molar-refractivity contribution in [3.05, 3.63) is 0 Å². The van der Waals surface area contributed by atoms with Crippen molar-refractivity contribution >= 4 is 5.91 Å². The molecule has 3 aliphatic carbocycles. The van der Waals surface area contributed by atoms with Crippen LogP contribution in [0, 0.1) is 23.7 Å². The summed E-state index contributed by atoms with van der Waals surface area (Å²) < 4.78 is 0. The van der Waals surface area contributed by atoms with Gasteiger partial charge in [0.2, 0.25) is 5.91 Å². The second-order valence-electron chi connectivity index (χ2n) is 6.80. The van der Waals surface area contributed by atoms with Gasteiger partial charge in [-0.25, -0.2) is 0 Å². The number of rotatable bonds is 3. The topological polar surface area (TPSA) is 55.1 Å². The first-order chi connectivity index (χ1) is 8.72. The number of hydrogen-bond acceptors (Lipinski definition) is 2. The standard InChI is InChI=1S/C15H26N2O/c16-14-3-1-2-12(8-14)15(18)17-9-13-7-10-4-5-11(13)6-10/h10-14H,1-9,16H2,(H,17,18). The molecule has 5 atom stereocenters. The van der Waals surface area contributed by atoms with E-state index in [-0.39, 0.29) is 17.9 Å². The summed E-state index contributed by atoms with van der Waals surface area (Å²) in [5, 5.41) is 3.21. The van der Waals surface area contributed by atoms with Crippen LogP contribution in [0.1, 0.15) is 51.4 Å². The maximum Gasteiger partial charge on any atom is 0.223 e. The maximum absolute atomic E-state index is 12.1. The minimum absolute atomic E-state index is 0.187. The number of hydrogen-bond donors (Lipinski definition) is 2. The Morgan fingerprint density at radius 2 is 2.00 bits per heavy atom. The largest absolute Gasteiger partial charge is 0.356 e. The van der Waals surface area contributed by atoms with E-state index in [2.05, 4.69) is 5.32 Å². The van der Waals surface area contributed by atoms with Crippen molar-refractivity contribution < 1.29 is 4.79 Å². The summed E-state index contributed by atoms with van der Waals surface area (Å²) in [6.07, 6.45) is 9.76. The van der Waals surface area contributed by atoms with E-state index in [9.17, 15) is 4.79 Å². The van der Waals surface area contributed by atoms with Crippen LogP contribution in [0.25, 0.3) is 0 Å². The van der Waals surface area contributed by atoms with Crippen LogP contribution in [0.2, 0.25) is 0 Å². The van der Waals surface area contributed by atoms with Gasteiger partial charge in [0, 0.05) is 18.5 Å². The maximum atomic E-state index is 12.1. The molecule has 0 aromatic heterocycles. The molecule has 3 saturated carbocycles. The van der Waals surface area contributed by atoms with Crippen molar-refractivity contribution in [1.29, 1.82) is 0 Å². The highest BCUT2D eigenvalue weighted by Gasteiger charge is 2.39. The zero-order valence-electron chi connectivity index (χ0n) is 11.2. The molecule has 3 aliphatic rings. The third-order valence-electron chi connectivity index (χ3n) is 5.51. The molecule has 0 heterocycles. The molecule has 3 nitrogen and oxygen atoms in total. The highest BCUT2D eigenvalue weighted by molar-refractivity contribution is 5.78. The van der Waals surface area contributed by atoms with Crippen LogP contribution >= 0.6 is 0 Å². The van der Waals surface area contributed by atoms with E-state index in [1.54, 1.807) is 0 Å². The van der Waals surface area contributed by atoms with E-state index in [0.29, 0.717) is 0 Å². The normalized spacial score (nSPS) is 43.1. The van der Waals surface area contributed by atoms with Gasteiger partial charge in [0.1, 0.15) is 0 Å². The van der Waals surface area contributed by atoms with Gasteiger partial charge in [-0.2, -0.15) is 0 Å². The fraction of sp³-hybridized carbons (Fsp3) is 0.933. The van der Waals surface area contributed by atoms with E-state index in [0.717, 1.165) is 50.0 Å². The monoisotopic (exact) mass is 250 g/mol. The summed E-state index contributed by atoms with van der Waals surface area (Å²) >= 11 is 0. The van der Waals surface area contributed by atoms with Crippen molar-refractivity contribution in [2.75, 3.05) is 6.54 Å². The van der Waals surface area contributed by atoms with Gasteiger partial charge >= 0.3 is 0 Å². The molecule has 0 radical (unpaired) electrons. The first-order valence-corrected chi connectivity index (χ1v) is 7.75. The summed E-state index contributed by atoms with van der Waals surface area (Å²) in [6.45, 7) is 0.922. The minimum Gasteiger partial charge on any atom is -0.356 e. The first-order valence-electron chi connectivity index (χ1n) is 7.75. The molecule has 3 rings (SSSR count). The Hall–Kier alpha value is -0.570. The Bertz CT molecular complexity index is 318. The van der Waals surface area contributed by atoms with Crippen molar-refractivity contribution in [2.24, 2.45) is 29.4 Å². The summed E-state index contributed by atoms with van der Waals surface area (Å²) in [4.78, 5) is 12.1. The van der Waals surface area contributed by atoms with E-state index < -0.39 is 0 Å². The Balaban J connectivity index is 1.44. The van der Waals surface area contributed by atoms with Gasteiger partial charge in [0.25, 0.3) is 0 Å². The lowest BCUT2D eigenvalue weighted by Crippen LogP contribution is -2.40. The van der Waals surface area contributed by atoms with Gasteiger partial charge in [-0.3, -0.25) is 4.79 Å². The highest BCUT2D eigenvalue weighted by Crippen LogP contribution is 2.47. The number of nitrogens with two attached hydrogens (primary N) is 1. The molecule has 3 heteroatoms. The van der Waals surface area contributed by atoms with Crippen LogP contribution in [0.3, 0.4) is 0 Å². The Morgan fingerprint density at radius 3 is 2.67 bits per heavy atom. The summed E-state index contributed by atoms with van der Waals surface area (Å²) in [7, 11) is 0. The van der Waals surface area contributed by atoms with Crippen molar-refractivity contribution in [3.63, 3.8) is 0 Å². The average Bonchev–Trinajstić information content (AvgIpc) is 2.98. The molecule has 3 fully saturated rings. The van der Waals surface area contributed by atoms with Gasteiger partial charge in [-0.15, -0.1) is 0 Å². The molecule has 18 heavy (non-hydrogen) atoms. The molecule has 102 valence electrons. The van der Waals surface area contributed by atoms with Gasteiger partial charge in [-0.05, 0) is 56.3 Å². The zero-order valence-corrected chi connectivity index (χ0v) is 11.2. The van der Waals surface area contributed by atoms with Gasteiger partial charge in [0.05, 0.1) is 0 Å². The van der Waals surface area contributed by atoms with Crippen LogP contribution in [0.5, 0.6) is 0 Å². The second-order valence-corrected chi connectivity index (χ2v) is 6.80. The third-order valence-corrected chi connectivity index (χ3v) is 5.51. The smallest absolute Gasteiger partial charge is 0.223 e. The predicted molar refractivity (Wildman–Crippen MR) is 71.9 cm³/mol. The molecule has 5 unspecified atom stereocenters. The lowest BCUT2D eigenvalue weighted by Gasteiger charge is -2.27. The lowest BCUT2D eigenvalue weighted by atomic mass is 9.85. The molecule has 0 aromatic rings. The third kappa shape index (κ3) is 2.56. The van der Waals surface area contributed by atoms with Gasteiger partial charge in [-0.1, -0.05) is 12.8 Å². The summed E-state index contributed by atoms with van der Waals surface area (Å²) in [5.41, 5.74) is 5.95. The van der Waals surface area contributed by atoms with Gasteiger partial charge in [0.15, 0.2) is 0 Å². The SMILES string of the molecule is NC1CCCC(C(=O)NCC2CC3CCC2C3)C1.